The molecule has 4 rings (SSSR count). The van der Waals surface area contributed by atoms with Gasteiger partial charge in [-0.15, -0.1) is 0 Å². The summed E-state index contributed by atoms with van der Waals surface area (Å²) in [5.41, 5.74) is 6.67. The third-order valence-corrected chi connectivity index (χ3v) is 5.58. The van der Waals surface area contributed by atoms with Gasteiger partial charge in [-0.3, -0.25) is 0 Å². The standard InChI is InChI=1S/C20H23NO.Y/c1-13-11-15-9-10-21(2)18-8-7-14-5-3-4-6-16(14)20(18)17(15)12-19(13)22;/h3-6,11-12,18,20,22H,7-10H2,1-2H3;/t18-,20+;/m0./s1. The number of aryl methyl sites for hydroxylation is 2. The molecule has 0 bridgehead atoms. The summed E-state index contributed by atoms with van der Waals surface area (Å²) in [6.45, 7) is 3.09. The van der Waals surface area contributed by atoms with Crippen LogP contribution in [0.25, 0.3) is 0 Å². The van der Waals surface area contributed by atoms with Crippen molar-refractivity contribution < 1.29 is 37.8 Å². The molecule has 1 aliphatic carbocycles. The Hall–Kier alpha value is -0.696. The van der Waals surface area contributed by atoms with Crippen molar-refractivity contribution in [2.45, 2.75) is 38.1 Å². The normalized spacial score (nSPS) is 23.0. The van der Waals surface area contributed by atoms with Crippen molar-refractivity contribution in [3.05, 3.63) is 64.2 Å². The van der Waals surface area contributed by atoms with Crippen molar-refractivity contribution in [2.24, 2.45) is 0 Å². The number of phenolic OH excluding ortho intramolecular Hbond substituents is 1. The van der Waals surface area contributed by atoms with Gasteiger partial charge in [-0.05, 0) is 67.1 Å². The SMILES string of the molecule is Cc1cc2c(cc1O)[C@H]1c3ccccc3CC[C@@H]1N(C)CC2.[Y]. The molecule has 2 nitrogen and oxygen atoms in total. The van der Waals surface area contributed by atoms with E-state index in [2.05, 4.69) is 42.3 Å². The Morgan fingerprint density at radius 2 is 1.83 bits per heavy atom. The molecule has 0 fully saturated rings. The number of benzene rings is 2. The summed E-state index contributed by atoms with van der Waals surface area (Å²) in [5, 5.41) is 10.3. The Morgan fingerprint density at radius 1 is 1.04 bits per heavy atom. The second-order valence-corrected chi connectivity index (χ2v) is 6.85. The van der Waals surface area contributed by atoms with Crippen LogP contribution >= 0.6 is 0 Å². The van der Waals surface area contributed by atoms with Gasteiger partial charge in [0.05, 0.1) is 0 Å². The maximum atomic E-state index is 10.3. The third-order valence-electron chi connectivity index (χ3n) is 5.58. The minimum absolute atomic E-state index is 0. The zero-order chi connectivity index (χ0) is 15.3. The largest absolute Gasteiger partial charge is 0.508 e. The molecule has 117 valence electrons. The minimum Gasteiger partial charge on any atom is -0.508 e. The zero-order valence-corrected chi connectivity index (χ0v) is 16.8. The van der Waals surface area contributed by atoms with Crippen LogP contribution in [0.15, 0.2) is 36.4 Å². The first-order valence-corrected chi connectivity index (χ1v) is 8.25. The molecule has 0 aromatic heterocycles. The Bertz CT molecular complexity index is 728. The number of phenols is 1. The first-order chi connectivity index (χ1) is 10.6. The molecule has 1 N–H and O–H groups in total. The van der Waals surface area contributed by atoms with Gasteiger partial charge in [0.1, 0.15) is 5.75 Å². The van der Waals surface area contributed by atoms with Crippen molar-refractivity contribution in [1.29, 1.82) is 0 Å². The molecular weight excluding hydrogens is 359 g/mol. The van der Waals surface area contributed by atoms with E-state index in [0.717, 1.165) is 24.9 Å². The fourth-order valence-corrected chi connectivity index (χ4v) is 4.33. The van der Waals surface area contributed by atoms with E-state index < -0.39 is 0 Å². The summed E-state index contributed by atoms with van der Waals surface area (Å²) in [6.07, 6.45) is 3.43. The minimum atomic E-state index is 0. The van der Waals surface area contributed by atoms with Crippen LogP contribution in [-0.2, 0) is 45.6 Å². The fraction of sp³-hybridized carbons (Fsp3) is 0.400. The van der Waals surface area contributed by atoms with Gasteiger partial charge in [0.15, 0.2) is 0 Å². The molecule has 2 aromatic rings. The first-order valence-electron chi connectivity index (χ1n) is 8.25. The summed E-state index contributed by atoms with van der Waals surface area (Å²) in [6, 6.07) is 13.6. The predicted molar refractivity (Wildman–Crippen MR) is 89.6 cm³/mol. The second-order valence-electron chi connectivity index (χ2n) is 6.85. The molecule has 0 saturated heterocycles. The summed E-state index contributed by atoms with van der Waals surface area (Å²) >= 11 is 0. The second kappa shape index (κ2) is 6.66. The molecule has 2 aliphatic rings. The predicted octanol–water partition coefficient (Wildman–Crippen LogP) is 3.63. The van der Waals surface area contributed by atoms with Crippen molar-refractivity contribution in [3.63, 3.8) is 0 Å². The monoisotopic (exact) mass is 382 g/mol. The molecule has 1 heterocycles. The van der Waals surface area contributed by atoms with Crippen LogP contribution in [0.5, 0.6) is 5.75 Å². The number of likely N-dealkylation sites (N-methyl/N-ethyl adjacent to an activating group) is 1. The van der Waals surface area contributed by atoms with Gasteiger partial charge >= 0.3 is 0 Å². The quantitative estimate of drug-likeness (QED) is 0.752. The van der Waals surface area contributed by atoms with E-state index in [1.54, 1.807) is 0 Å². The van der Waals surface area contributed by atoms with Crippen LogP contribution in [0, 0.1) is 6.92 Å². The van der Waals surface area contributed by atoms with Gasteiger partial charge in [0.2, 0.25) is 0 Å². The molecule has 3 heteroatoms. The molecular formula is C20H23NOY. The van der Waals surface area contributed by atoms with Gasteiger partial charge in [0.25, 0.3) is 0 Å². The average molecular weight is 382 g/mol. The Labute approximate surface area is 163 Å². The van der Waals surface area contributed by atoms with Gasteiger partial charge in [-0.2, -0.15) is 0 Å². The molecule has 2 aromatic carbocycles. The number of hydrogen-bond acceptors (Lipinski definition) is 2. The van der Waals surface area contributed by atoms with Crippen LogP contribution in [0.3, 0.4) is 0 Å². The van der Waals surface area contributed by atoms with Crippen LogP contribution in [0.4, 0.5) is 0 Å². The Kier molecular flexibility index (Phi) is 4.97. The molecule has 0 amide bonds. The van der Waals surface area contributed by atoms with E-state index >= 15 is 0 Å². The van der Waals surface area contributed by atoms with Gasteiger partial charge in [0, 0.05) is 51.2 Å². The van der Waals surface area contributed by atoms with E-state index in [1.165, 1.54) is 28.7 Å². The zero-order valence-electron chi connectivity index (χ0n) is 13.9. The third kappa shape index (κ3) is 2.90. The van der Waals surface area contributed by atoms with Crippen LogP contribution in [0.1, 0.15) is 40.2 Å². The maximum absolute atomic E-state index is 10.3. The van der Waals surface area contributed by atoms with Crippen molar-refractivity contribution in [3.8, 4) is 5.75 Å². The Balaban J connectivity index is 0.00000156. The van der Waals surface area contributed by atoms with E-state index in [0.29, 0.717) is 17.7 Å². The number of hydrogen-bond donors (Lipinski definition) is 1. The van der Waals surface area contributed by atoms with Crippen molar-refractivity contribution in [2.75, 3.05) is 13.6 Å². The van der Waals surface area contributed by atoms with Crippen LogP contribution < -0.4 is 0 Å². The number of rotatable bonds is 0. The van der Waals surface area contributed by atoms with Crippen LogP contribution in [0.2, 0.25) is 0 Å². The molecule has 1 aliphatic heterocycles. The molecule has 2 atom stereocenters. The Morgan fingerprint density at radius 3 is 2.65 bits per heavy atom. The van der Waals surface area contributed by atoms with Crippen molar-refractivity contribution >= 4 is 0 Å². The summed E-state index contributed by atoms with van der Waals surface area (Å²) in [4.78, 5) is 2.52. The number of nitrogens with zero attached hydrogens (tertiary/aromatic N) is 1. The molecule has 23 heavy (non-hydrogen) atoms. The van der Waals surface area contributed by atoms with Gasteiger partial charge in [-0.25, -0.2) is 0 Å². The molecule has 0 saturated carbocycles. The molecule has 1 radical (unpaired) electrons. The topological polar surface area (TPSA) is 23.5 Å². The smallest absolute Gasteiger partial charge is 0.118 e. The summed E-state index contributed by atoms with van der Waals surface area (Å²) < 4.78 is 0. The van der Waals surface area contributed by atoms with E-state index in [9.17, 15) is 5.11 Å². The molecule has 0 spiro atoms. The van der Waals surface area contributed by atoms with E-state index in [4.69, 9.17) is 0 Å². The summed E-state index contributed by atoms with van der Waals surface area (Å²) in [5.74, 6) is 0.823. The van der Waals surface area contributed by atoms with Gasteiger partial charge in [-0.1, -0.05) is 30.3 Å². The molecule has 0 unspecified atom stereocenters. The van der Waals surface area contributed by atoms with E-state index in [-0.39, 0.29) is 32.7 Å². The van der Waals surface area contributed by atoms with Crippen LogP contribution in [-0.4, -0.2) is 29.6 Å². The maximum Gasteiger partial charge on any atom is 0.118 e. The number of fused-ring (bicyclic) bond motifs is 5. The van der Waals surface area contributed by atoms with Crippen molar-refractivity contribution in [1.82, 2.24) is 4.90 Å². The summed E-state index contributed by atoms with van der Waals surface area (Å²) in [7, 11) is 2.25. The number of aromatic hydroxyl groups is 1. The first kappa shape index (κ1) is 17.1. The van der Waals surface area contributed by atoms with E-state index in [1.807, 2.05) is 13.0 Å². The average Bonchev–Trinajstić information content (AvgIpc) is 2.66. The van der Waals surface area contributed by atoms with Gasteiger partial charge < -0.3 is 10.0 Å². The fourth-order valence-electron chi connectivity index (χ4n) is 4.33.